The van der Waals surface area contributed by atoms with Crippen molar-refractivity contribution in [3.8, 4) is 0 Å². The lowest BCUT2D eigenvalue weighted by Crippen LogP contribution is -2.46. The fraction of sp³-hybridized carbons (Fsp3) is 0.350. The molecule has 1 aliphatic rings. The first-order valence-corrected chi connectivity index (χ1v) is 10.0. The van der Waals surface area contributed by atoms with E-state index in [1.807, 2.05) is 6.07 Å². The number of nitrogens with zero attached hydrogens (tertiary/aromatic N) is 5. The molecule has 13 heteroatoms. The number of anilines is 1. The van der Waals surface area contributed by atoms with Gasteiger partial charge in [0.2, 0.25) is 0 Å². The van der Waals surface area contributed by atoms with Gasteiger partial charge in [0.25, 0.3) is 11.5 Å². The number of alkyl halides is 3. The number of hydrogen-bond acceptors (Lipinski definition) is 7. The van der Waals surface area contributed by atoms with Crippen molar-refractivity contribution in [2.45, 2.75) is 12.8 Å². The van der Waals surface area contributed by atoms with Crippen molar-refractivity contribution >= 4 is 22.6 Å². The molecule has 0 aromatic carbocycles. The number of aromatic amines is 1. The summed E-state index contributed by atoms with van der Waals surface area (Å²) < 4.78 is 38.0. The van der Waals surface area contributed by atoms with Crippen molar-refractivity contribution in [1.82, 2.24) is 29.7 Å². The molecule has 1 fully saturated rings. The van der Waals surface area contributed by atoms with Crippen LogP contribution < -0.4 is 21.5 Å². The van der Waals surface area contributed by atoms with Gasteiger partial charge in [0.1, 0.15) is 5.69 Å². The predicted molar refractivity (Wildman–Crippen MR) is 113 cm³/mol. The van der Waals surface area contributed by atoms with E-state index in [0.29, 0.717) is 44.0 Å². The van der Waals surface area contributed by atoms with E-state index in [1.54, 1.807) is 12.3 Å². The van der Waals surface area contributed by atoms with Crippen molar-refractivity contribution < 1.29 is 18.0 Å². The van der Waals surface area contributed by atoms with Gasteiger partial charge in [-0.3, -0.25) is 14.5 Å². The summed E-state index contributed by atoms with van der Waals surface area (Å²) in [5.41, 5.74) is -1.65. The molecular formula is C20H20F3N7O3. The Morgan fingerprint density at radius 2 is 1.85 bits per heavy atom. The number of H-pyrrole nitrogens is 1. The van der Waals surface area contributed by atoms with Crippen LogP contribution in [0.5, 0.6) is 0 Å². The monoisotopic (exact) mass is 463 g/mol. The summed E-state index contributed by atoms with van der Waals surface area (Å²) in [5, 5.41) is 2.52. The Balaban J connectivity index is 1.44. The number of halogens is 3. The molecule has 2 N–H and O–H groups in total. The highest BCUT2D eigenvalue weighted by molar-refractivity contribution is 5.92. The van der Waals surface area contributed by atoms with E-state index in [9.17, 15) is 27.6 Å². The fourth-order valence-corrected chi connectivity index (χ4v) is 3.72. The van der Waals surface area contributed by atoms with Crippen molar-refractivity contribution in [3.05, 3.63) is 62.7 Å². The van der Waals surface area contributed by atoms with E-state index in [-0.39, 0.29) is 11.4 Å². The van der Waals surface area contributed by atoms with Crippen LogP contribution in [0.25, 0.3) is 11.0 Å². The van der Waals surface area contributed by atoms with Crippen molar-refractivity contribution in [2.24, 2.45) is 0 Å². The highest BCUT2D eigenvalue weighted by atomic mass is 19.4. The quantitative estimate of drug-likeness (QED) is 0.583. The number of fused-ring (bicyclic) bond motifs is 1. The third-order valence-corrected chi connectivity index (χ3v) is 5.40. The van der Waals surface area contributed by atoms with E-state index in [2.05, 4.69) is 30.1 Å². The minimum atomic E-state index is -5.13. The molecule has 4 rings (SSSR count). The van der Waals surface area contributed by atoms with Crippen molar-refractivity contribution in [3.63, 3.8) is 0 Å². The SMILES string of the molecule is CNC(=O)c1ccc(N2CCN(Cc3cnc4c(=O)n(C(F)(F)F)c(=O)[nH]c4c3)CC2)cn1. The fourth-order valence-electron chi connectivity index (χ4n) is 3.72. The maximum Gasteiger partial charge on any atom is 0.495 e. The van der Waals surface area contributed by atoms with E-state index in [0.717, 1.165) is 5.69 Å². The van der Waals surface area contributed by atoms with E-state index >= 15 is 0 Å². The first kappa shape index (κ1) is 22.5. The third kappa shape index (κ3) is 4.58. The summed E-state index contributed by atoms with van der Waals surface area (Å²) in [4.78, 5) is 49.8. The standard InChI is InChI=1S/C20H20F3N7O3/c1-24-17(31)14-3-2-13(10-25-14)29-6-4-28(5-7-29)11-12-8-15-16(26-9-12)18(32)30(19(33)27-15)20(21,22)23/h2-3,8-10H,4-7,11H2,1H3,(H,24,31)(H,27,33). The zero-order chi connectivity index (χ0) is 23.8. The number of piperazine rings is 1. The van der Waals surface area contributed by atoms with Crippen LogP contribution in [0, 0.1) is 0 Å². The highest BCUT2D eigenvalue weighted by Crippen LogP contribution is 2.19. The number of amides is 1. The topological polar surface area (TPSA) is 116 Å². The maximum absolute atomic E-state index is 12.9. The molecule has 0 unspecified atom stereocenters. The summed E-state index contributed by atoms with van der Waals surface area (Å²) in [6, 6.07) is 4.97. The van der Waals surface area contributed by atoms with Crippen molar-refractivity contribution in [2.75, 3.05) is 38.1 Å². The van der Waals surface area contributed by atoms with Gasteiger partial charge in [0.15, 0.2) is 5.52 Å². The van der Waals surface area contributed by atoms with E-state index in [4.69, 9.17) is 0 Å². The van der Waals surface area contributed by atoms with E-state index < -0.39 is 27.6 Å². The Bertz CT molecular complexity index is 1290. The van der Waals surface area contributed by atoms with Gasteiger partial charge in [-0.05, 0) is 23.8 Å². The number of pyridine rings is 2. The van der Waals surface area contributed by atoms with Gasteiger partial charge >= 0.3 is 12.0 Å². The molecule has 0 bridgehead atoms. The van der Waals surface area contributed by atoms with Crippen LogP contribution in [-0.4, -0.2) is 63.6 Å². The summed E-state index contributed by atoms with van der Waals surface area (Å²) >= 11 is 0. The van der Waals surface area contributed by atoms with Crippen molar-refractivity contribution in [1.29, 1.82) is 0 Å². The first-order chi connectivity index (χ1) is 15.7. The lowest BCUT2D eigenvalue weighted by Gasteiger charge is -2.36. The van der Waals surface area contributed by atoms with Gasteiger partial charge in [0.05, 0.1) is 17.4 Å². The summed E-state index contributed by atoms with van der Waals surface area (Å²) in [6.07, 6.45) is -2.13. The van der Waals surface area contributed by atoms with Gasteiger partial charge in [-0.15, -0.1) is 13.2 Å². The number of aromatic nitrogens is 4. The van der Waals surface area contributed by atoms with Crippen LogP contribution in [-0.2, 0) is 12.8 Å². The Labute approximate surface area is 184 Å². The number of carbonyl (C=O) groups excluding carboxylic acids is 1. The third-order valence-electron chi connectivity index (χ3n) is 5.40. The van der Waals surface area contributed by atoms with Gasteiger partial charge in [-0.1, -0.05) is 0 Å². The predicted octanol–water partition coefficient (Wildman–Crippen LogP) is 0.638. The zero-order valence-corrected chi connectivity index (χ0v) is 17.5. The first-order valence-electron chi connectivity index (χ1n) is 10.0. The zero-order valence-electron chi connectivity index (χ0n) is 17.5. The van der Waals surface area contributed by atoms with Crippen LogP contribution in [0.15, 0.2) is 40.2 Å². The molecule has 4 heterocycles. The Hall–Kier alpha value is -3.74. The maximum atomic E-state index is 12.9. The molecule has 10 nitrogen and oxygen atoms in total. The Morgan fingerprint density at radius 1 is 1.12 bits per heavy atom. The second kappa shape index (κ2) is 8.65. The minimum absolute atomic E-state index is 0.0380. The van der Waals surface area contributed by atoms with Crippen LogP contribution >= 0.6 is 0 Å². The lowest BCUT2D eigenvalue weighted by molar-refractivity contribution is -0.208. The van der Waals surface area contributed by atoms with Crippen LogP contribution in [0.2, 0.25) is 0 Å². The van der Waals surface area contributed by atoms with Crippen LogP contribution in [0.4, 0.5) is 18.9 Å². The molecule has 174 valence electrons. The lowest BCUT2D eigenvalue weighted by atomic mass is 10.2. The van der Waals surface area contributed by atoms with Crippen LogP contribution in [0.3, 0.4) is 0 Å². The molecule has 0 saturated carbocycles. The normalized spacial score (nSPS) is 15.1. The van der Waals surface area contributed by atoms with E-state index in [1.165, 1.54) is 19.3 Å². The average molecular weight is 463 g/mol. The van der Waals surface area contributed by atoms with Crippen LogP contribution in [0.1, 0.15) is 16.1 Å². The molecule has 3 aromatic heterocycles. The molecular weight excluding hydrogens is 443 g/mol. The van der Waals surface area contributed by atoms with Gasteiger partial charge in [-0.25, -0.2) is 14.8 Å². The van der Waals surface area contributed by atoms with Gasteiger partial charge < -0.3 is 15.2 Å². The number of rotatable bonds is 4. The molecule has 0 aliphatic carbocycles. The molecule has 1 saturated heterocycles. The molecule has 33 heavy (non-hydrogen) atoms. The van der Waals surface area contributed by atoms with Gasteiger partial charge in [0, 0.05) is 46.0 Å². The minimum Gasteiger partial charge on any atom is -0.368 e. The number of carbonyl (C=O) groups is 1. The molecule has 1 amide bonds. The average Bonchev–Trinajstić information content (AvgIpc) is 2.78. The molecule has 0 spiro atoms. The second-order valence-electron chi connectivity index (χ2n) is 7.52. The van der Waals surface area contributed by atoms with Gasteiger partial charge in [-0.2, -0.15) is 4.57 Å². The molecule has 0 radical (unpaired) electrons. The Morgan fingerprint density at radius 3 is 2.45 bits per heavy atom. The largest absolute Gasteiger partial charge is 0.495 e. The Kier molecular flexibility index (Phi) is 5.89. The smallest absolute Gasteiger partial charge is 0.368 e. The summed E-state index contributed by atoms with van der Waals surface area (Å²) in [7, 11) is 1.54. The molecule has 0 atom stereocenters. The summed E-state index contributed by atoms with van der Waals surface area (Å²) in [5.74, 6) is -0.256. The molecule has 3 aromatic rings. The number of nitrogens with one attached hydrogen (secondary N) is 2. The summed E-state index contributed by atoms with van der Waals surface area (Å²) in [6.45, 7) is 3.25. The number of hydrogen-bond donors (Lipinski definition) is 2. The highest BCUT2D eigenvalue weighted by Gasteiger charge is 2.35. The second-order valence-corrected chi connectivity index (χ2v) is 7.52. The molecule has 1 aliphatic heterocycles.